The molecule has 1 amide bonds. The highest BCUT2D eigenvalue weighted by molar-refractivity contribution is 5.73. The first kappa shape index (κ1) is 23.8. The zero-order valence-corrected chi connectivity index (χ0v) is 20.2. The molecule has 2 unspecified atom stereocenters. The number of carbonyl (C=O) groups excluding carboxylic acids is 1. The van der Waals surface area contributed by atoms with E-state index < -0.39 is 24.2 Å². The second-order valence-corrected chi connectivity index (χ2v) is 8.83. The van der Waals surface area contributed by atoms with Crippen molar-refractivity contribution in [3.8, 4) is 0 Å². The van der Waals surface area contributed by atoms with E-state index in [9.17, 15) is 4.79 Å². The molecule has 2 atom stereocenters. The molecule has 1 fully saturated rings. The normalized spacial score (nSPS) is 19.4. The predicted molar refractivity (Wildman–Crippen MR) is 138 cm³/mol. The van der Waals surface area contributed by atoms with E-state index in [0.29, 0.717) is 6.42 Å². The molecule has 1 aliphatic heterocycles. The molecule has 1 aliphatic rings. The summed E-state index contributed by atoms with van der Waals surface area (Å²) in [6.45, 7) is 0.289. The molecule has 0 bridgehead atoms. The summed E-state index contributed by atoms with van der Waals surface area (Å²) in [5.41, 5.74) is 2.70. The Morgan fingerprint density at radius 2 is 1.22 bits per heavy atom. The van der Waals surface area contributed by atoms with Gasteiger partial charge in [-0.1, -0.05) is 121 Å². The van der Waals surface area contributed by atoms with Crippen LogP contribution < -0.4 is 0 Å². The van der Waals surface area contributed by atoms with Crippen molar-refractivity contribution in [1.29, 1.82) is 0 Å². The van der Waals surface area contributed by atoms with Gasteiger partial charge in [0.2, 0.25) is 5.72 Å². The maximum absolute atomic E-state index is 13.7. The highest BCUT2D eigenvalue weighted by atomic mass is 16.7. The van der Waals surface area contributed by atoms with Crippen LogP contribution in [-0.4, -0.2) is 30.1 Å². The van der Waals surface area contributed by atoms with E-state index in [4.69, 9.17) is 14.2 Å². The Morgan fingerprint density at radius 1 is 0.750 bits per heavy atom. The van der Waals surface area contributed by atoms with Crippen LogP contribution in [0.4, 0.5) is 4.79 Å². The SMILES string of the molecule is COC1OC(=O)N(C(c2ccccc2)c2ccccc2)C1(Cc1ccccc1)OCc1ccccc1. The van der Waals surface area contributed by atoms with Gasteiger partial charge in [-0.15, -0.1) is 0 Å². The van der Waals surface area contributed by atoms with E-state index in [2.05, 4.69) is 0 Å². The first-order valence-electron chi connectivity index (χ1n) is 12.1. The maximum atomic E-state index is 13.7. The summed E-state index contributed by atoms with van der Waals surface area (Å²) in [5, 5.41) is 0. The minimum Gasteiger partial charge on any atom is -0.414 e. The van der Waals surface area contributed by atoms with Gasteiger partial charge in [0.05, 0.1) is 12.6 Å². The lowest BCUT2D eigenvalue weighted by molar-refractivity contribution is -0.234. The molecule has 4 aromatic rings. The molecule has 4 aromatic carbocycles. The van der Waals surface area contributed by atoms with Crippen molar-refractivity contribution < 1.29 is 19.0 Å². The lowest BCUT2D eigenvalue weighted by atomic mass is 9.92. The van der Waals surface area contributed by atoms with Gasteiger partial charge in [-0.25, -0.2) is 4.79 Å². The van der Waals surface area contributed by atoms with Gasteiger partial charge in [0.15, 0.2) is 0 Å². The zero-order valence-electron chi connectivity index (χ0n) is 20.2. The number of hydrogen-bond acceptors (Lipinski definition) is 4. The molecule has 1 saturated heterocycles. The van der Waals surface area contributed by atoms with Crippen molar-refractivity contribution in [2.45, 2.75) is 31.1 Å². The van der Waals surface area contributed by atoms with E-state index in [1.165, 1.54) is 0 Å². The first-order valence-corrected chi connectivity index (χ1v) is 12.1. The largest absolute Gasteiger partial charge is 0.415 e. The van der Waals surface area contributed by atoms with Gasteiger partial charge in [-0.2, -0.15) is 0 Å². The first-order chi connectivity index (χ1) is 17.7. The number of hydrogen-bond donors (Lipinski definition) is 0. The van der Waals surface area contributed by atoms with Crippen molar-refractivity contribution in [2.75, 3.05) is 7.11 Å². The van der Waals surface area contributed by atoms with Gasteiger partial charge in [0, 0.05) is 13.5 Å². The average molecular weight is 480 g/mol. The van der Waals surface area contributed by atoms with E-state index in [-0.39, 0.29) is 6.61 Å². The third kappa shape index (κ3) is 4.76. The number of benzene rings is 4. The van der Waals surface area contributed by atoms with Crippen molar-refractivity contribution >= 4 is 6.09 Å². The Bertz CT molecular complexity index is 1210. The molecule has 0 radical (unpaired) electrons. The monoisotopic (exact) mass is 479 g/mol. The van der Waals surface area contributed by atoms with Gasteiger partial charge in [0.1, 0.15) is 0 Å². The number of nitrogens with zero attached hydrogens (tertiary/aromatic N) is 1. The van der Waals surface area contributed by atoms with E-state index >= 15 is 0 Å². The van der Waals surface area contributed by atoms with Gasteiger partial charge >= 0.3 is 6.09 Å². The fourth-order valence-electron chi connectivity index (χ4n) is 4.85. The summed E-state index contributed by atoms with van der Waals surface area (Å²) < 4.78 is 18.4. The fourth-order valence-corrected chi connectivity index (χ4v) is 4.85. The van der Waals surface area contributed by atoms with Gasteiger partial charge in [-0.3, -0.25) is 4.90 Å². The van der Waals surface area contributed by atoms with Gasteiger partial charge < -0.3 is 14.2 Å². The van der Waals surface area contributed by atoms with Crippen LogP contribution in [0.15, 0.2) is 121 Å². The van der Waals surface area contributed by atoms with Crippen molar-refractivity contribution in [3.63, 3.8) is 0 Å². The molecule has 182 valence electrons. The van der Waals surface area contributed by atoms with Crippen LogP contribution in [0.1, 0.15) is 28.3 Å². The molecule has 1 heterocycles. The van der Waals surface area contributed by atoms with Crippen molar-refractivity contribution in [2.24, 2.45) is 0 Å². The number of ether oxygens (including phenoxy) is 3. The number of methoxy groups -OCH3 is 1. The minimum absolute atomic E-state index is 0.289. The van der Waals surface area contributed by atoms with Crippen molar-refractivity contribution in [1.82, 2.24) is 4.90 Å². The predicted octanol–water partition coefficient (Wildman–Crippen LogP) is 6.36. The molecule has 36 heavy (non-hydrogen) atoms. The quantitative estimate of drug-likeness (QED) is 0.280. The molecular weight excluding hydrogens is 450 g/mol. The van der Waals surface area contributed by atoms with E-state index in [0.717, 1.165) is 22.3 Å². The number of amides is 1. The molecule has 0 saturated carbocycles. The Balaban J connectivity index is 1.66. The lowest BCUT2D eigenvalue weighted by Crippen LogP contribution is -2.56. The summed E-state index contributed by atoms with van der Waals surface area (Å²) >= 11 is 0. The van der Waals surface area contributed by atoms with E-state index in [1.807, 2.05) is 121 Å². The highest BCUT2D eigenvalue weighted by Crippen LogP contribution is 2.44. The van der Waals surface area contributed by atoms with Crippen LogP contribution in [0, 0.1) is 0 Å². The second-order valence-electron chi connectivity index (χ2n) is 8.83. The van der Waals surface area contributed by atoms with Crippen LogP contribution in [-0.2, 0) is 27.2 Å². The third-order valence-electron chi connectivity index (χ3n) is 6.52. The standard InChI is InChI=1S/C31H29NO4/c1-34-29-31(22-24-14-6-2-7-15-24,35-23-25-16-8-3-9-17-25)32(30(33)36-29)28(26-18-10-4-11-19-26)27-20-12-5-13-21-27/h2-21,28-29H,22-23H2,1H3. The molecule has 5 heteroatoms. The topological polar surface area (TPSA) is 48.0 Å². The molecule has 0 spiro atoms. The Kier molecular flexibility index (Phi) is 7.12. The third-order valence-corrected chi connectivity index (χ3v) is 6.52. The summed E-state index contributed by atoms with van der Waals surface area (Å²) in [4.78, 5) is 15.4. The molecule has 5 rings (SSSR count). The minimum atomic E-state index is -1.22. The molecular formula is C31H29NO4. The average Bonchev–Trinajstić information content (AvgIpc) is 3.21. The Hall–Kier alpha value is -3.93. The van der Waals surface area contributed by atoms with Gasteiger partial charge in [-0.05, 0) is 22.3 Å². The van der Waals surface area contributed by atoms with Crippen LogP contribution in [0.3, 0.4) is 0 Å². The molecule has 0 aromatic heterocycles. The van der Waals surface area contributed by atoms with Gasteiger partial charge in [0.25, 0.3) is 6.29 Å². The highest BCUT2D eigenvalue weighted by Gasteiger charge is 2.60. The van der Waals surface area contributed by atoms with Crippen LogP contribution in [0.25, 0.3) is 0 Å². The summed E-state index contributed by atoms with van der Waals surface area (Å²) in [5.74, 6) is 0. The van der Waals surface area contributed by atoms with Crippen LogP contribution in [0.2, 0.25) is 0 Å². The molecule has 0 N–H and O–H groups in total. The lowest BCUT2D eigenvalue weighted by Gasteiger charge is -2.42. The summed E-state index contributed by atoms with van der Waals surface area (Å²) in [6, 6.07) is 39.4. The summed E-state index contributed by atoms with van der Waals surface area (Å²) in [7, 11) is 1.55. The van der Waals surface area contributed by atoms with Crippen molar-refractivity contribution in [3.05, 3.63) is 144 Å². The summed E-state index contributed by atoms with van der Waals surface area (Å²) in [6.07, 6.45) is -1.02. The maximum Gasteiger partial charge on any atom is 0.415 e. The van der Waals surface area contributed by atoms with Crippen LogP contribution in [0.5, 0.6) is 0 Å². The molecule has 5 nitrogen and oxygen atoms in total. The second kappa shape index (κ2) is 10.8. The Labute approximate surface area is 211 Å². The number of cyclic esters (lactones) is 1. The zero-order chi connectivity index (χ0) is 24.8. The smallest absolute Gasteiger partial charge is 0.414 e. The Morgan fingerprint density at radius 3 is 1.72 bits per heavy atom. The number of rotatable bonds is 9. The molecule has 0 aliphatic carbocycles. The van der Waals surface area contributed by atoms with E-state index in [1.54, 1.807) is 12.0 Å². The van der Waals surface area contributed by atoms with Crippen LogP contribution >= 0.6 is 0 Å². The fraction of sp³-hybridized carbons (Fsp3) is 0.194. The number of carbonyl (C=O) groups is 1.